The van der Waals surface area contributed by atoms with E-state index in [1.54, 1.807) is 17.5 Å². The molecule has 1 aromatic heterocycles. The van der Waals surface area contributed by atoms with Crippen molar-refractivity contribution in [2.24, 2.45) is 0 Å². The lowest BCUT2D eigenvalue weighted by atomic mass is 10.1. The van der Waals surface area contributed by atoms with Crippen LogP contribution in [0.5, 0.6) is 0 Å². The van der Waals surface area contributed by atoms with E-state index in [4.69, 9.17) is 5.26 Å². The maximum absolute atomic E-state index is 13.3. The van der Waals surface area contributed by atoms with Crippen LogP contribution >= 0.6 is 11.3 Å². The fraction of sp³-hybridized carbons (Fsp3) is 0. The van der Waals surface area contributed by atoms with E-state index >= 15 is 0 Å². The van der Waals surface area contributed by atoms with E-state index in [2.05, 4.69) is 6.58 Å². The van der Waals surface area contributed by atoms with Crippen LogP contribution in [0.2, 0.25) is 0 Å². The summed E-state index contributed by atoms with van der Waals surface area (Å²) in [7, 11) is 0. The highest BCUT2D eigenvalue weighted by atomic mass is 32.1. The zero-order valence-corrected chi connectivity index (χ0v) is 8.07. The third-order valence-electron chi connectivity index (χ3n) is 2.01. The summed E-state index contributed by atoms with van der Waals surface area (Å²) < 4.78 is 13.8. The molecule has 0 spiro atoms. The van der Waals surface area contributed by atoms with Crippen LogP contribution in [0, 0.1) is 17.1 Å². The molecule has 0 fully saturated rings. The second kappa shape index (κ2) is 3.24. The highest BCUT2D eigenvalue weighted by Crippen LogP contribution is 2.31. The first-order valence-electron chi connectivity index (χ1n) is 3.99. The van der Waals surface area contributed by atoms with Gasteiger partial charge in [0.05, 0.1) is 16.3 Å². The minimum atomic E-state index is -0.246. The van der Waals surface area contributed by atoms with Gasteiger partial charge < -0.3 is 0 Å². The molecule has 14 heavy (non-hydrogen) atoms. The normalized spacial score (nSPS) is 10.0. The lowest BCUT2D eigenvalue weighted by Gasteiger charge is -1.94. The van der Waals surface area contributed by atoms with E-state index in [1.807, 2.05) is 6.07 Å². The van der Waals surface area contributed by atoms with Gasteiger partial charge in [-0.05, 0) is 6.07 Å². The van der Waals surface area contributed by atoms with Crippen LogP contribution in [0.25, 0.3) is 15.7 Å². The van der Waals surface area contributed by atoms with Crippen molar-refractivity contribution in [3.8, 4) is 6.07 Å². The SMILES string of the molecule is C=C(C#N)c1csc2c(F)cccc12. The zero-order chi connectivity index (χ0) is 10.1. The molecular weight excluding hydrogens is 197 g/mol. The number of halogens is 1. The van der Waals surface area contributed by atoms with E-state index < -0.39 is 0 Å². The van der Waals surface area contributed by atoms with Gasteiger partial charge in [0.1, 0.15) is 5.82 Å². The zero-order valence-electron chi connectivity index (χ0n) is 7.25. The summed E-state index contributed by atoms with van der Waals surface area (Å²) in [5.41, 5.74) is 1.11. The first kappa shape index (κ1) is 8.92. The van der Waals surface area contributed by atoms with Gasteiger partial charge in [0.25, 0.3) is 0 Å². The Morgan fingerprint density at radius 2 is 2.29 bits per heavy atom. The first-order valence-corrected chi connectivity index (χ1v) is 4.87. The van der Waals surface area contributed by atoms with Crippen molar-refractivity contribution in [1.82, 2.24) is 0 Å². The Kier molecular flexibility index (Phi) is 2.06. The Labute approximate surface area is 84.7 Å². The van der Waals surface area contributed by atoms with E-state index in [1.165, 1.54) is 17.4 Å². The number of thiophene rings is 1. The summed E-state index contributed by atoms with van der Waals surface area (Å²) in [6, 6.07) is 6.82. The Hall–Kier alpha value is -1.66. The van der Waals surface area contributed by atoms with E-state index in [9.17, 15) is 4.39 Å². The molecule has 0 saturated carbocycles. The number of hydrogen-bond acceptors (Lipinski definition) is 2. The molecule has 0 N–H and O–H groups in total. The van der Waals surface area contributed by atoms with Crippen LogP contribution in [0.3, 0.4) is 0 Å². The van der Waals surface area contributed by atoms with Gasteiger partial charge in [0.15, 0.2) is 0 Å². The molecule has 1 heterocycles. The van der Waals surface area contributed by atoms with E-state index in [-0.39, 0.29) is 5.82 Å². The number of benzene rings is 1. The van der Waals surface area contributed by atoms with Crippen molar-refractivity contribution < 1.29 is 4.39 Å². The van der Waals surface area contributed by atoms with Crippen molar-refractivity contribution >= 4 is 27.0 Å². The molecule has 0 saturated heterocycles. The van der Waals surface area contributed by atoms with Crippen molar-refractivity contribution in [1.29, 1.82) is 5.26 Å². The monoisotopic (exact) mass is 203 g/mol. The third-order valence-corrected chi connectivity index (χ3v) is 3.02. The summed E-state index contributed by atoms with van der Waals surface area (Å²) in [5.74, 6) is -0.246. The van der Waals surface area contributed by atoms with E-state index in [0.717, 1.165) is 10.9 Å². The minimum Gasteiger partial charge on any atom is -0.205 e. The fourth-order valence-electron chi connectivity index (χ4n) is 1.32. The Balaban J connectivity index is 2.77. The van der Waals surface area contributed by atoms with Crippen LogP contribution in [0.1, 0.15) is 5.56 Å². The van der Waals surface area contributed by atoms with Gasteiger partial charge in [-0.2, -0.15) is 5.26 Å². The molecule has 3 heteroatoms. The lowest BCUT2D eigenvalue weighted by molar-refractivity contribution is 0.642. The van der Waals surface area contributed by atoms with Crippen molar-refractivity contribution in [3.63, 3.8) is 0 Å². The Morgan fingerprint density at radius 3 is 3.00 bits per heavy atom. The second-order valence-corrected chi connectivity index (χ2v) is 3.74. The molecule has 0 bridgehead atoms. The molecular formula is C11H6FNS. The molecule has 68 valence electrons. The lowest BCUT2D eigenvalue weighted by Crippen LogP contribution is -1.77. The number of nitriles is 1. The largest absolute Gasteiger partial charge is 0.205 e. The number of allylic oxidation sites excluding steroid dienone is 1. The van der Waals surface area contributed by atoms with Crippen LogP contribution in [0.4, 0.5) is 4.39 Å². The van der Waals surface area contributed by atoms with Crippen LogP contribution in [-0.4, -0.2) is 0 Å². The van der Waals surface area contributed by atoms with Crippen molar-refractivity contribution in [2.45, 2.75) is 0 Å². The number of hydrogen-bond donors (Lipinski definition) is 0. The molecule has 0 aliphatic carbocycles. The average Bonchev–Trinajstić information content (AvgIpc) is 2.62. The van der Waals surface area contributed by atoms with Gasteiger partial charge >= 0.3 is 0 Å². The summed E-state index contributed by atoms with van der Waals surface area (Å²) >= 11 is 1.30. The number of fused-ring (bicyclic) bond motifs is 1. The minimum absolute atomic E-state index is 0.246. The molecule has 0 amide bonds. The number of nitrogens with zero attached hydrogens (tertiary/aromatic N) is 1. The average molecular weight is 203 g/mol. The van der Waals surface area contributed by atoms with E-state index in [0.29, 0.717) is 10.3 Å². The molecule has 2 rings (SSSR count). The third kappa shape index (κ3) is 1.21. The molecule has 0 atom stereocenters. The van der Waals surface area contributed by atoms with Gasteiger partial charge in [0.2, 0.25) is 0 Å². The van der Waals surface area contributed by atoms with Crippen LogP contribution in [-0.2, 0) is 0 Å². The summed E-state index contributed by atoms with van der Waals surface area (Å²) in [4.78, 5) is 0. The molecule has 0 radical (unpaired) electrons. The predicted octanol–water partition coefficient (Wildman–Crippen LogP) is 3.58. The molecule has 0 aliphatic rings. The molecule has 1 aromatic carbocycles. The van der Waals surface area contributed by atoms with Gasteiger partial charge in [0, 0.05) is 16.3 Å². The summed E-state index contributed by atoms with van der Waals surface area (Å²) in [6.07, 6.45) is 0. The van der Waals surface area contributed by atoms with Gasteiger partial charge in [-0.1, -0.05) is 18.7 Å². The summed E-state index contributed by atoms with van der Waals surface area (Å²) in [6.45, 7) is 3.62. The smallest absolute Gasteiger partial charge is 0.141 e. The van der Waals surface area contributed by atoms with Crippen LogP contribution in [0.15, 0.2) is 30.2 Å². The van der Waals surface area contributed by atoms with Gasteiger partial charge in [-0.25, -0.2) is 4.39 Å². The van der Waals surface area contributed by atoms with Crippen molar-refractivity contribution in [2.75, 3.05) is 0 Å². The standard InChI is InChI=1S/C11H6FNS/c1-7(5-13)9-6-14-11-8(9)3-2-4-10(11)12/h2-4,6H,1H2. The summed E-state index contributed by atoms with van der Waals surface area (Å²) in [5, 5.41) is 11.2. The van der Waals surface area contributed by atoms with Gasteiger partial charge in [-0.15, -0.1) is 11.3 Å². The highest BCUT2D eigenvalue weighted by molar-refractivity contribution is 7.17. The molecule has 0 unspecified atom stereocenters. The molecule has 2 aromatic rings. The second-order valence-electron chi connectivity index (χ2n) is 2.86. The fourth-order valence-corrected chi connectivity index (χ4v) is 2.31. The Bertz CT molecular complexity index is 548. The molecule has 0 aliphatic heterocycles. The number of rotatable bonds is 1. The molecule has 1 nitrogen and oxygen atoms in total. The topological polar surface area (TPSA) is 23.8 Å². The van der Waals surface area contributed by atoms with Crippen LogP contribution < -0.4 is 0 Å². The maximum atomic E-state index is 13.3. The maximum Gasteiger partial charge on any atom is 0.141 e. The quantitative estimate of drug-likeness (QED) is 0.650. The van der Waals surface area contributed by atoms with Gasteiger partial charge in [-0.3, -0.25) is 0 Å². The first-order chi connectivity index (χ1) is 6.74. The highest BCUT2D eigenvalue weighted by Gasteiger charge is 2.09. The van der Waals surface area contributed by atoms with Crippen molar-refractivity contribution in [3.05, 3.63) is 41.5 Å². The predicted molar refractivity (Wildman–Crippen MR) is 56.4 cm³/mol. The Morgan fingerprint density at radius 1 is 1.50 bits per heavy atom.